The van der Waals surface area contributed by atoms with Gasteiger partial charge in [-0.3, -0.25) is 9.37 Å². The largest absolute Gasteiger partial charge is 0.333 e. The van der Waals surface area contributed by atoms with E-state index in [1.165, 1.54) is 65.0 Å². The number of aromatic nitrogens is 3. The van der Waals surface area contributed by atoms with E-state index < -0.39 is 14.9 Å². The van der Waals surface area contributed by atoms with Crippen molar-refractivity contribution in [3.05, 3.63) is 194 Å². The van der Waals surface area contributed by atoms with Crippen LogP contribution in [0.25, 0.3) is 92.2 Å². The Labute approximate surface area is 377 Å². The van der Waals surface area contributed by atoms with Crippen molar-refractivity contribution >= 4 is 77.3 Å². The summed E-state index contributed by atoms with van der Waals surface area (Å²) in [6.07, 6.45) is 1.65. The van der Waals surface area contributed by atoms with Crippen LogP contribution in [0.15, 0.2) is 170 Å². The van der Waals surface area contributed by atoms with Crippen LogP contribution in [0, 0.1) is 24.8 Å². The number of aryl methyl sites for hydroxylation is 1. The van der Waals surface area contributed by atoms with Crippen molar-refractivity contribution in [2.75, 3.05) is 0 Å². The second-order valence-electron chi connectivity index (χ2n) is 16.0. The van der Waals surface area contributed by atoms with E-state index in [0.717, 1.165) is 33.3 Å². The van der Waals surface area contributed by atoms with Crippen LogP contribution in [-0.4, -0.2) is 22.6 Å². The summed E-state index contributed by atoms with van der Waals surface area (Å²) in [6, 6.07) is 61.9. The second kappa shape index (κ2) is 16.4. The first-order valence-electron chi connectivity index (χ1n) is 21.4. The zero-order valence-electron chi connectivity index (χ0n) is 36.6. The van der Waals surface area contributed by atoms with Gasteiger partial charge in [-0.25, -0.2) is 0 Å². The van der Waals surface area contributed by atoms with Crippen LogP contribution >= 0.6 is 11.3 Å². The van der Waals surface area contributed by atoms with Crippen LogP contribution in [0.5, 0.6) is 0 Å². The van der Waals surface area contributed by atoms with Crippen molar-refractivity contribution in [1.82, 2.24) is 14.5 Å². The van der Waals surface area contributed by atoms with E-state index in [1.807, 2.05) is 11.3 Å². The average Bonchev–Trinajstić information content (AvgIpc) is 3.86. The SMILES string of the molecule is [2H]C([2H])([2H])c1cc(-c2[c-]cc(F)cc2)ncc1[Si](C)(C)C.[Ir].[c-]1cc2sc3cc4c(ccc5ccccc54)cc3c2cc1-c1nc2ccccc2n1-c1ccccc1-c1ccccc1. The molecule has 0 fully saturated rings. The molecule has 0 aliphatic carbocycles. The number of rotatable bonds is 5. The molecule has 3 nitrogen and oxygen atoms in total. The number of thiophene rings is 1. The third kappa shape index (κ3) is 7.64. The maximum absolute atomic E-state index is 13.0. The van der Waals surface area contributed by atoms with Crippen LogP contribution in [-0.2, 0) is 20.1 Å². The van der Waals surface area contributed by atoms with Crippen molar-refractivity contribution in [2.24, 2.45) is 0 Å². The van der Waals surface area contributed by atoms with Crippen LogP contribution in [0.2, 0.25) is 19.6 Å². The number of pyridine rings is 1. The molecule has 0 saturated heterocycles. The third-order valence-corrected chi connectivity index (χ3v) is 14.2. The van der Waals surface area contributed by atoms with E-state index in [9.17, 15) is 4.39 Å². The summed E-state index contributed by atoms with van der Waals surface area (Å²) >= 11 is 1.84. The summed E-state index contributed by atoms with van der Waals surface area (Å²) in [4.78, 5) is 9.53. The Balaban J connectivity index is 0.000000200. The summed E-state index contributed by atoms with van der Waals surface area (Å²) in [5.74, 6) is 0.515. The molecule has 3 aromatic heterocycles. The van der Waals surface area contributed by atoms with E-state index in [2.05, 4.69) is 181 Å². The van der Waals surface area contributed by atoms with Crippen LogP contribution in [0.4, 0.5) is 4.39 Å². The molecule has 11 rings (SSSR count). The second-order valence-corrected chi connectivity index (χ2v) is 22.1. The van der Waals surface area contributed by atoms with E-state index in [0.29, 0.717) is 16.8 Å². The molecule has 0 saturated carbocycles. The van der Waals surface area contributed by atoms with E-state index >= 15 is 0 Å². The fraction of sp³-hybridized carbons (Fsp3) is 0.0741. The Bertz CT molecular complexity index is 3510. The normalized spacial score (nSPS) is 12.5. The minimum absolute atomic E-state index is 0. The number of halogens is 1. The van der Waals surface area contributed by atoms with Crippen LogP contribution in [0.1, 0.15) is 9.68 Å². The molecular formula is C54H40FIrN3SSi-2. The summed E-state index contributed by atoms with van der Waals surface area (Å²) in [7, 11) is -1.81. The van der Waals surface area contributed by atoms with Gasteiger partial charge < -0.3 is 9.55 Å². The van der Waals surface area contributed by atoms with Gasteiger partial charge in [0.1, 0.15) is 0 Å². The molecule has 0 N–H and O–H groups in total. The molecule has 299 valence electrons. The average molecular weight is 1010 g/mol. The monoisotopic (exact) mass is 1010 g/mol. The van der Waals surface area contributed by atoms with Gasteiger partial charge in [0.25, 0.3) is 0 Å². The predicted molar refractivity (Wildman–Crippen MR) is 255 cm³/mol. The standard InChI is InChI=1S/C39H23N2S.C15H17FNSi.Ir/c1-2-10-25(11-3-1)30-14-6-8-16-35(30)41-36-17-9-7-15-34(36)40-39(41)28-20-21-37-32(23-28)33-22-27-19-18-26-12-4-5-13-29(26)31(27)24-38(33)42-37;1-11-9-14(12-5-7-13(16)8-6-12)17-10-15(11)18(2,3)4;/h1-19,21-24H;5,7-10H,1-4H3;/q2*-1;/i;1D3;. The fourth-order valence-corrected chi connectivity index (χ4v) is 10.5. The van der Waals surface area contributed by atoms with Crippen molar-refractivity contribution < 1.29 is 28.6 Å². The molecule has 61 heavy (non-hydrogen) atoms. The number of nitrogens with zero attached hydrogens (tertiary/aromatic N) is 3. The molecule has 0 spiro atoms. The number of hydrogen-bond acceptors (Lipinski definition) is 3. The summed E-state index contributed by atoms with van der Waals surface area (Å²) in [6.45, 7) is 4.07. The van der Waals surface area contributed by atoms with Gasteiger partial charge in [-0.15, -0.1) is 53.6 Å². The molecule has 0 bridgehead atoms. The number of hydrogen-bond donors (Lipinski definition) is 0. The molecule has 8 aromatic carbocycles. The Hall–Kier alpha value is -6.08. The minimum atomic E-state index is -2.19. The van der Waals surface area contributed by atoms with Gasteiger partial charge in [0.15, 0.2) is 0 Å². The zero-order chi connectivity index (χ0) is 43.5. The number of para-hydroxylation sites is 3. The quantitative estimate of drug-likeness (QED) is 0.0977. The Morgan fingerprint density at radius 1 is 0.656 bits per heavy atom. The molecule has 3 heterocycles. The Kier molecular flexibility index (Phi) is 9.88. The van der Waals surface area contributed by atoms with Crippen molar-refractivity contribution in [2.45, 2.75) is 26.5 Å². The van der Waals surface area contributed by atoms with Gasteiger partial charge in [0, 0.05) is 52.2 Å². The van der Waals surface area contributed by atoms with Crippen molar-refractivity contribution in [3.8, 4) is 39.5 Å². The first-order chi connectivity index (χ1) is 30.4. The first-order valence-corrected chi connectivity index (χ1v) is 24.2. The molecule has 0 aliphatic heterocycles. The van der Waals surface area contributed by atoms with Crippen LogP contribution in [0.3, 0.4) is 0 Å². The molecule has 11 aromatic rings. The smallest absolute Gasteiger partial charge is 0.0798 e. The van der Waals surface area contributed by atoms with Gasteiger partial charge in [-0.1, -0.05) is 134 Å². The van der Waals surface area contributed by atoms with Gasteiger partial charge in [0.2, 0.25) is 0 Å². The summed E-state index contributed by atoms with van der Waals surface area (Å²) in [5.41, 5.74) is 7.92. The van der Waals surface area contributed by atoms with Crippen LogP contribution < -0.4 is 5.19 Å². The van der Waals surface area contributed by atoms with E-state index in [4.69, 9.17) is 9.10 Å². The summed E-state index contributed by atoms with van der Waals surface area (Å²) < 4.78 is 41.0. The predicted octanol–water partition coefficient (Wildman–Crippen LogP) is 14.4. The Morgan fingerprint density at radius 3 is 2.21 bits per heavy atom. The van der Waals surface area contributed by atoms with Crippen molar-refractivity contribution in [3.63, 3.8) is 0 Å². The fourth-order valence-electron chi connectivity index (χ4n) is 8.10. The van der Waals surface area contributed by atoms with Crippen molar-refractivity contribution in [1.29, 1.82) is 0 Å². The zero-order valence-corrected chi connectivity index (χ0v) is 37.8. The molecule has 7 heteroatoms. The molecular weight excluding hydrogens is 962 g/mol. The number of fused-ring (bicyclic) bond motifs is 7. The number of imidazole rings is 1. The maximum Gasteiger partial charge on any atom is 0.0798 e. The molecule has 0 amide bonds. The Morgan fingerprint density at radius 2 is 1.39 bits per heavy atom. The maximum atomic E-state index is 13.0. The van der Waals surface area contributed by atoms with Gasteiger partial charge in [-0.2, -0.15) is 11.3 Å². The van der Waals surface area contributed by atoms with Gasteiger partial charge in [0.05, 0.1) is 24.9 Å². The number of benzene rings is 8. The summed E-state index contributed by atoms with van der Waals surface area (Å²) in [5, 5.41) is 8.49. The molecule has 0 unspecified atom stereocenters. The van der Waals surface area contributed by atoms with E-state index in [-0.39, 0.29) is 25.9 Å². The first kappa shape index (κ1) is 36.7. The van der Waals surface area contributed by atoms with Gasteiger partial charge >= 0.3 is 0 Å². The molecule has 1 radical (unpaired) electrons. The molecule has 0 atom stereocenters. The molecule has 0 aliphatic rings. The van der Waals surface area contributed by atoms with Gasteiger partial charge in [-0.05, 0) is 85.3 Å². The van der Waals surface area contributed by atoms with E-state index in [1.54, 1.807) is 18.3 Å². The minimum Gasteiger partial charge on any atom is -0.333 e. The topological polar surface area (TPSA) is 30.7 Å². The third-order valence-electron chi connectivity index (χ3n) is 11.1.